The van der Waals surface area contributed by atoms with Gasteiger partial charge in [0.15, 0.2) is 0 Å². The van der Waals surface area contributed by atoms with E-state index in [4.69, 9.17) is 36.4 Å². The first-order valence-corrected chi connectivity index (χ1v) is 16.0. The molecule has 4 amide bonds. The number of rotatable bonds is 22. The normalized spacial score (nSPS) is 11.1. The van der Waals surface area contributed by atoms with Crippen molar-refractivity contribution in [3.8, 4) is 5.75 Å². The predicted molar refractivity (Wildman–Crippen MR) is 195 cm³/mol. The Morgan fingerprint density at radius 1 is 1.06 bits per heavy atom. The molecular formula is C34H55N9O7. The molecule has 16 nitrogen and oxygen atoms in total. The number of hydrogen-bond acceptors (Lipinski definition) is 13. The topological polar surface area (TPSA) is 236 Å². The number of hydrogen-bond donors (Lipinski definition) is 7. The molecule has 0 aliphatic rings. The lowest BCUT2D eigenvalue weighted by atomic mass is 10.0. The Morgan fingerprint density at radius 2 is 1.78 bits per heavy atom. The van der Waals surface area contributed by atoms with Crippen LogP contribution in [-0.2, 0) is 30.5 Å². The van der Waals surface area contributed by atoms with Crippen LogP contribution in [0.2, 0.25) is 0 Å². The third kappa shape index (κ3) is 20.4. The number of imide groups is 1. The molecule has 0 fully saturated rings. The second-order valence-corrected chi connectivity index (χ2v) is 11.0. The Kier molecular flexibility index (Phi) is 25.1. The van der Waals surface area contributed by atoms with E-state index in [-0.39, 0.29) is 19.1 Å². The van der Waals surface area contributed by atoms with E-state index in [0.29, 0.717) is 80.7 Å². The first-order chi connectivity index (χ1) is 24.0. The Morgan fingerprint density at radius 3 is 2.36 bits per heavy atom. The molecule has 16 heteroatoms. The molecule has 278 valence electrons. The van der Waals surface area contributed by atoms with E-state index in [1.807, 2.05) is 32.2 Å². The lowest BCUT2D eigenvalue weighted by Crippen LogP contribution is -2.36. The first kappa shape index (κ1) is 45.0. The smallest absolute Gasteiger partial charge is 0.250 e. The molecule has 0 aliphatic carbocycles. The fourth-order valence-corrected chi connectivity index (χ4v) is 4.21. The van der Waals surface area contributed by atoms with Crippen LogP contribution in [0, 0.1) is 6.92 Å². The Labute approximate surface area is 295 Å². The van der Waals surface area contributed by atoms with Gasteiger partial charge in [-0.25, -0.2) is 5.84 Å². The molecule has 0 spiro atoms. The first-order valence-electron chi connectivity index (χ1n) is 16.0. The number of nitrogens with zero attached hydrogens (tertiary/aromatic N) is 2. The number of nitrogen functional groups attached to an aromatic ring is 1. The van der Waals surface area contributed by atoms with Gasteiger partial charge in [0.1, 0.15) is 18.6 Å². The number of nitrogens with two attached hydrogens (primary N) is 3. The van der Waals surface area contributed by atoms with Gasteiger partial charge in [0.2, 0.25) is 25.1 Å². The third-order valence-corrected chi connectivity index (χ3v) is 6.93. The highest BCUT2D eigenvalue weighted by Gasteiger charge is 2.16. The van der Waals surface area contributed by atoms with E-state index < -0.39 is 0 Å². The van der Waals surface area contributed by atoms with Gasteiger partial charge < -0.3 is 47.2 Å². The molecule has 0 saturated heterocycles. The summed E-state index contributed by atoms with van der Waals surface area (Å²) in [6, 6.07) is 11.4. The number of aryl methyl sites for hydroxylation is 1. The summed E-state index contributed by atoms with van der Waals surface area (Å²) in [6.07, 6.45) is 5.69. The number of carbonyl (C=O) groups excluding carboxylic acids is 5. The summed E-state index contributed by atoms with van der Waals surface area (Å²) in [4.78, 5) is 54.5. The highest BCUT2D eigenvalue weighted by atomic mass is 16.5. The van der Waals surface area contributed by atoms with Gasteiger partial charge in [0.05, 0.1) is 25.9 Å². The molecular weight excluding hydrogens is 646 g/mol. The summed E-state index contributed by atoms with van der Waals surface area (Å²) in [5.74, 6) is 6.28. The number of carbonyl (C=O) groups is 5. The van der Waals surface area contributed by atoms with E-state index in [2.05, 4.69) is 34.7 Å². The van der Waals surface area contributed by atoms with Gasteiger partial charge in [-0.2, -0.15) is 0 Å². The van der Waals surface area contributed by atoms with Gasteiger partial charge in [-0.3, -0.25) is 28.9 Å². The molecule has 2 aromatic carbocycles. The molecule has 0 saturated carbocycles. The number of ether oxygens (including phenoxy) is 2. The van der Waals surface area contributed by atoms with Gasteiger partial charge in [-0.05, 0) is 51.1 Å². The Balaban J connectivity index is 0.00000131. The Hall–Kier alpha value is -5.03. The standard InChI is InChI=1S/C24H41N7O4.C8H11NO.C2H3NO2/c1-4-6-19(2)30(3)15-22-20(16-32)7-5-8-23(22)29-24(34)17-35-12-10-27-9-11-31(26)14-21(25)13-28-18-33;1-6-3-4-7(9)8(5-6)10-2;4-1-3-2-5/h5,7-8,14,16,18-19,27H,4,6,9-13,15,17,25-26H2,1-3H3,(H,28,33)(H,29,34);3-5H,9H2,1-2H3;1-2H,(H,3,4,5)/b21-14-;;. The molecule has 0 aliphatic heterocycles. The molecule has 0 aromatic heterocycles. The van der Waals surface area contributed by atoms with Crippen molar-refractivity contribution in [2.75, 3.05) is 64.6 Å². The predicted octanol–water partition coefficient (Wildman–Crippen LogP) is 0.861. The zero-order valence-electron chi connectivity index (χ0n) is 29.8. The van der Waals surface area contributed by atoms with Crippen molar-refractivity contribution in [3.05, 3.63) is 65.0 Å². The minimum atomic E-state index is -0.281. The zero-order valence-corrected chi connectivity index (χ0v) is 29.8. The van der Waals surface area contributed by atoms with Crippen LogP contribution in [0.3, 0.4) is 0 Å². The molecule has 0 bridgehead atoms. The van der Waals surface area contributed by atoms with Crippen LogP contribution in [0.5, 0.6) is 5.75 Å². The van der Waals surface area contributed by atoms with Crippen LogP contribution < -0.4 is 43.3 Å². The van der Waals surface area contributed by atoms with E-state index in [1.54, 1.807) is 36.8 Å². The monoisotopic (exact) mass is 701 g/mol. The minimum absolute atomic E-state index is 0.0967. The largest absolute Gasteiger partial charge is 0.495 e. The molecule has 0 radical (unpaired) electrons. The van der Waals surface area contributed by atoms with Gasteiger partial charge in [0, 0.05) is 60.9 Å². The van der Waals surface area contributed by atoms with Crippen LogP contribution in [0.15, 0.2) is 48.3 Å². The van der Waals surface area contributed by atoms with Crippen LogP contribution in [-0.4, -0.2) is 101 Å². The number of anilines is 2. The number of nitrogens with one attached hydrogen (secondary N) is 4. The van der Waals surface area contributed by atoms with Crippen LogP contribution in [0.4, 0.5) is 11.4 Å². The van der Waals surface area contributed by atoms with Crippen molar-refractivity contribution in [1.29, 1.82) is 0 Å². The quantitative estimate of drug-likeness (QED) is 0.0297. The second-order valence-electron chi connectivity index (χ2n) is 11.0. The van der Waals surface area contributed by atoms with Crippen LogP contribution in [0.1, 0.15) is 48.2 Å². The number of amides is 4. The number of benzene rings is 2. The van der Waals surface area contributed by atoms with Crippen molar-refractivity contribution >= 4 is 42.8 Å². The van der Waals surface area contributed by atoms with E-state index in [1.165, 1.54) is 5.01 Å². The van der Waals surface area contributed by atoms with Crippen molar-refractivity contribution < 1.29 is 33.4 Å². The SMILES string of the molecule is CCCC(C)N(C)Cc1c(C=O)cccc1NC(=O)COCCNCCN(N)/C=C(\N)CNC=O.COc1cc(C)ccc1N.O=CNC=O. The van der Waals surface area contributed by atoms with E-state index >= 15 is 0 Å². The van der Waals surface area contributed by atoms with Crippen LogP contribution in [0.25, 0.3) is 0 Å². The summed E-state index contributed by atoms with van der Waals surface area (Å²) in [6.45, 7) is 8.96. The van der Waals surface area contributed by atoms with Crippen molar-refractivity contribution in [2.24, 2.45) is 11.6 Å². The summed E-state index contributed by atoms with van der Waals surface area (Å²) in [5.41, 5.74) is 15.6. The van der Waals surface area contributed by atoms with Crippen LogP contribution >= 0.6 is 0 Å². The van der Waals surface area contributed by atoms with Crippen molar-refractivity contribution in [3.63, 3.8) is 0 Å². The van der Waals surface area contributed by atoms with Gasteiger partial charge in [-0.15, -0.1) is 0 Å². The number of hydrazine groups is 1. The van der Waals surface area contributed by atoms with E-state index in [9.17, 15) is 14.4 Å². The van der Waals surface area contributed by atoms with Crippen molar-refractivity contribution in [2.45, 2.75) is 46.2 Å². The fourth-order valence-electron chi connectivity index (χ4n) is 4.21. The summed E-state index contributed by atoms with van der Waals surface area (Å²) in [5, 5.41) is 11.7. The summed E-state index contributed by atoms with van der Waals surface area (Å²) >= 11 is 0. The maximum absolute atomic E-state index is 12.4. The molecule has 10 N–H and O–H groups in total. The van der Waals surface area contributed by atoms with Gasteiger partial charge in [0.25, 0.3) is 0 Å². The van der Waals surface area contributed by atoms with E-state index in [0.717, 1.165) is 36.0 Å². The molecule has 1 atom stereocenters. The van der Waals surface area contributed by atoms with Crippen molar-refractivity contribution in [1.82, 2.24) is 25.9 Å². The summed E-state index contributed by atoms with van der Waals surface area (Å²) < 4.78 is 10.5. The minimum Gasteiger partial charge on any atom is -0.495 e. The lowest BCUT2D eigenvalue weighted by molar-refractivity contribution is -0.120. The number of methoxy groups -OCH3 is 1. The third-order valence-electron chi connectivity index (χ3n) is 6.93. The average Bonchev–Trinajstić information content (AvgIpc) is 3.09. The maximum Gasteiger partial charge on any atom is 0.250 e. The Bertz CT molecular complexity index is 1320. The molecule has 2 rings (SSSR count). The lowest BCUT2D eigenvalue weighted by Gasteiger charge is -2.26. The highest BCUT2D eigenvalue weighted by Crippen LogP contribution is 2.23. The summed E-state index contributed by atoms with van der Waals surface area (Å²) in [7, 11) is 3.63. The number of aldehydes is 1. The maximum atomic E-state index is 12.4. The van der Waals surface area contributed by atoms with Gasteiger partial charge in [-0.1, -0.05) is 31.5 Å². The second kappa shape index (κ2) is 27.9. The molecule has 50 heavy (non-hydrogen) atoms. The molecule has 0 heterocycles. The average molecular weight is 702 g/mol. The molecule has 1 unspecified atom stereocenters. The fraction of sp³-hybridized carbons (Fsp3) is 0.441. The van der Waals surface area contributed by atoms with Gasteiger partial charge >= 0.3 is 0 Å². The molecule has 2 aromatic rings. The zero-order chi connectivity index (χ0) is 37.7. The highest BCUT2D eigenvalue weighted by molar-refractivity contribution is 5.94.